The second kappa shape index (κ2) is 6.76. The van der Waals surface area contributed by atoms with E-state index in [1.807, 2.05) is 0 Å². The number of hydrogen-bond acceptors (Lipinski definition) is 3. The Morgan fingerprint density at radius 3 is 2.15 bits per heavy atom. The van der Waals surface area contributed by atoms with Gasteiger partial charge in [0.1, 0.15) is 0 Å². The monoisotopic (exact) mass is 284 g/mol. The van der Waals surface area contributed by atoms with E-state index < -0.39 is 5.60 Å². The first kappa shape index (κ1) is 17.9. The van der Waals surface area contributed by atoms with Crippen molar-refractivity contribution in [1.82, 2.24) is 10.2 Å². The second-order valence-corrected chi connectivity index (χ2v) is 8.37. The molecule has 3 nitrogen and oxygen atoms in total. The van der Waals surface area contributed by atoms with Crippen LogP contribution in [0, 0.1) is 5.41 Å². The Balaban J connectivity index is 2.49. The molecule has 0 bridgehead atoms. The zero-order valence-electron chi connectivity index (χ0n) is 14.6. The fourth-order valence-corrected chi connectivity index (χ4v) is 3.17. The standard InChI is InChI=1S/C17H36N2O/c1-7-16(5,12-18-15(2,3)4)13-19(6)14-17(20)10-8-9-11-17/h18,20H,7-14H2,1-6H3. The minimum Gasteiger partial charge on any atom is -0.389 e. The van der Waals surface area contributed by atoms with Crippen LogP contribution in [0.25, 0.3) is 0 Å². The molecule has 0 spiro atoms. The summed E-state index contributed by atoms with van der Waals surface area (Å²) in [6.07, 6.45) is 5.46. The van der Waals surface area contributed by atoms with Crippen molar-refractivity contribution in [3.63, 3.8) is 0 Å². The largest absolute Gasteiger partial charge is 0.389 e. The topological polar surface area (TPSA) is 35.5 Å². The predicted molar refractivity (Wildman–Crippen MR) is 87.1 cm³/mol. The fourth-order valence-electron chi connectivity index (χ4n) is 3.17. The van der Waals surface area contributed by atoms with Crippen molar-refractivity contribution in [3.8, 4) is 0 Å². The minimum absolute atomic E-state index is 0.165. The molecular formula is C17H36N2O. The zero-order chi connectivity index (χ0) is 15.4. The van der Waals surface area contributed by atoms with E-state index in [4.69, 9.17) is 0 Å². The summed E-state index contributed by atoms with van der Waals surface area (Å²) in [6, 6.07) is 0. The summed E-state index contributed by atoms with van der Waals surface area (Å²) in [4.78, 5) is 2.33. The van der Waals surface area contributed by atoms with E-state index in [0.29, 0.717) is 0 Å². The minimum atomic E-state index is -0.430. The van der Waals surface area contributed by atoms with Gasteiger partial charge in [0, 0.05) is 25.2 Å². The Hall–Kier alpha value is -0.120. The van der Waals surface area contributed by atoms with Crippen LogP contribution in [-0.2, 0) is 0 Å². The van der Waals surface area contributed by atoms with Crippen LogP contribution < -0.4 is 5.32 Å². The Kier molecular flexibility index (Phi) is 6.06. The fraction of sp³-hybridized carbons (Fsp3) is 1.00. The van der Waals surface area contributed by atoms with Crippen molar-refractivity contribution in [1.29, 1.82) is 0 Å². The average Bonchev–Trinajstić information content (AvgIpc) is 2.72. The first-order chi connectivity index (χ1) is 9.08. The van der Waals surface area contributed by atoms with Crippen LogP contribution in [0.5, 0.6) is 0 Å². The van der Waals surface area contributed by atoms with E-state index in [1.165, 1.54) is 12.8 Å². The molecule has 0 aliphatic heterocycles. The molecule has 1 fully saturated rings. The Labute approximate surface area is 126 Å². The Morgan fingerprint density at radius 1 is 1.15 bits per heavy atom. The molecule has 0 amide bonds. The van der Waals surface area contributed by atoms with Crippen molar-refractivity contribution in [2.24, 2.45) is 5.41 Å². The van der Waals surface area contributed by atoms with Crippen molar-refractivity contribution < 1.29 is 5.11 Å². The summed E-state index contributed by atoms with van der Waals surface area (Å²) in [5.74, 6) is 0. The summed E-state index contributed by atoms with van der Waals surface area (Å²) < 4.78 is 0. The summed E-state index contributed by atoms with van der Waals surface area (Å²) in [5.41, 5.74) is -0.00347. The van der Waals surface area contributed by atoms with Crippen molar-refractivity contribution >= 4 is 0 Å². The number of hydrogen-bond donors (Lipinski definition) is 2. The van der Waals surface area contributed by atoms with Gasteiger partial charge in [0.05, 0.1) is 5.60 Å². The van der Waals surface area contributed by atoms with E-state index >= 15 is 0 Å². The number of nitrogens with zero attached hydrogens (tertiary/aromatic N) is 1. The molecule has 1 unspecified atom stereocenters. The lowest BCUT2D eigenvalue weighted by molar-refractivity contribution is 0.00591. The van der Waals surface area contributed by atoms with Crippen LogP contribution in [0.2, 0.25) is 0 Å². The third-order valence-corrected chi connectivity index (χ3v) is 4.65. The summed E-state index contributed by atoms with van der Waals surface area (Å²) in [6.45, 7) is 14.1. The predicted octanol–water partition coefficient (Wildman–Crippen LogP) is 3.03. The quantitative estimate of drug-likeness (QED) is 0.754. The van der Waals surface area contributed by atoms with Gasteiger partial charge in [-0.1, -0.05) is 26.7 Å². The summed E-state index contributed by atoms with van der Waals surface area (Å²) >= 11 is 0. The van der Waals surface area contributed by atoms with Crippen LogP contribution in [-0.4, -0.2) is 47.8 Å². The third kappa shape index (κ3) is 6.11. The SMILES string of the molecule is CCC(C)(CNC(C)(C)C)CN(C)CC1(O)CCCC1. The van der Waals surface area contributed by atoms with Crippen LogP contribution in [0.1, 0.15) is 66.7 Å². The van der Waals surface area contributed by atoms with Gasteiger partial charge in [-0.2, -0.15) is 0 Å². The molecule has 0 aromatic rings. The summed E-state index contributed by atoms with van der Waals surface area (Å²) in [5, 5.41) is 14.2. The first-order valence-corrected chi connectivity index (χ1v) is 8.24. The summed E-state index contributed by atoms with van der Waals surface area (Å²) in [7, 11) is 2.15. The molecule has 1 aliphatic rings. The van der Waals surface area contributed by atoms with E-state index in [9.17, 15) is 5.11 Å². The maximum atomic E-state index is 10.5. The highest BCUT2D eigenvalue weighted by Crippen LogP contribution is 2.31. The lowest BCUT2D eigenvalue weighted by Gasteiger charge is -2.38. The molecule has 20 heavy (non-hydrogen) atoms. The Morgan fingerprint density at radius 2 is 1.70 bits per heavy atom. The van der Waals surface area contributed by atoms with Crippen LogP contribution in [0.3, 0.4) is 0 Å². The average molecular weight is 284 g/mol. The van der Waals surface area contributed by atoms with Gasteiger partial charge >= 0.3 is 0 Å². The van der Waals surface area contributed by atoms with Gasteiger partial charge in [-0.05, 0) is 52.5 Å². The number of rotatable bonds is 7. The van der Waals surface area contributed by atoms with Crippen molar-refractivity contribution in [2.75, 3.05) is 26.7 Å². The highest BCUT2D eigenvalue weighted by Gasteiger charge is 2.34. The van der Waals surface area contributed by atoms with Gasteiger partial charge in [-0.15, -0.1) is 0 Å². The molecule has 1 saturated carbocycles. The van der Waals surface area contributed by atoms with E-state index in [-0.39, 0.29) is 11.0 Å². The molecule has 1 rings (SSSR count). The molecule has 3 heteroatoms. The number of likely N-dealkylation sites (N-methyl/N-ethyl adjacent to an activating group) is 1. The molecule has 120 valence electrons. The molecule has 0 aromatic carbocycles. The van der Waals surface area contributed by atoms with E-state index in [1.54, 1.807) is 0 Å². The van der Waals surface area contributed by atoms with Crippen LogP contribution in [0.4, 0.5) is 0 Å². The van der Waals surface area contributed by atoms with Gasteiger partial charge in [0.2, 0.25) is 0 Å². The molecule has 0 aromatic heterocycles. The first-order valence-electron chi connectivity index (χ1n) is 8.24. The van der Waals surface area contributed by atoms with Crippen molar-refractivity contribution in [2.45, 2.75) is 77.9 Å². The third-order valence-electron chi connectivity index (χ3n) is 4.65. The van der Waals surface area contributed by atoms with Gasteiger partial charge in [-0.25, -0.2) is 0 Å². The smallest absolute Gasteiger partial charge is 0.0774 e. The molecule has 0 heterocycles. The highest BCUT2D eigenvalue weighted by molar-refractivity contribution is 4.89. The van der Waals surface area contributed by atoms with Crippen LogP contribution >= 0.6 is 0 Å². The van der Waals surface area contributed by atoms with E-state index in [0.717, 1.165) is 38.9 Å². The van der Waals surface area contributed by atoms with E-state index in [2.05, 4.69) is 51.9 Å². The maximum absolute atomic E-state index is 10.5. The molecule has 0 saturated heterocycles. The van der Waals surface area contributed by atoms with Crippen LogP contribution in [0.15, 0.2) is 0 Å². The van der Waals surface area contributed by atoms with Gasteiger partial charge < -0.3 is 15.3 Å². The normalized spacial score (nSPS) is 22.2. The molecule has 1 aliphatic carbocycles. The number of nitrogens with one attached hydrogen (secondary N) is 1. The van der Waals surface area contributed by atoms with Gasteiger partial charge in [-0.3, -0.25) is 0 Å². The lowest BCUT2D eigenvalue weighted by Crippen LogP contribution is -2.49. The second-order valence-electron chi connectivity index (χ2n) is 8.37. The highest BCUT2D eigenvalue weighted by atomic mass is 16.3. The van der Waals surface area contributed by atoms with Crippen molar-refractivity contribution in [3.05, 3.63) is 0 Å². The maximum Gasteiger partial charge on any atom is 0.0774 e. The van der Waals surface area contributed by atoms with Gasteiger partial charge in [0.25, 0.3) is 0 Å². The lowest BCUT2D eigenvalue weighted by atomic mass is 9.85. The molecular weight excluding hydrogens is 248 g/mol. The van der Waals surface area contributed by atoms with Gasteiger partial charge in [0.15, 0.2) is 0 Å². The molecule has 2 N–H and O–H groups in total. The Bertz CT molecular complexity index is 292. The zero-order valence-corrected chi connectivity index (χ0v) is 14.6. The molecule has 0 radical (unpaired) electrons. The molecule has 1 atom stereocenters. The number of aliphatic hydroxyl groups is 1.